The zero-order chi connectivity index (χ0) is 11.2. The van der Waals surface area contributed by atoms with Crippen LogP contribution < -0.4 is 4.99 Å². The summed E-state index contributed by atoms with van der Waals surface area (Å²) in [4.78, 5) is 39.7. The van der Waals surface area contributed by atoms with Crippen LogP contribution >= 0.6 is 0 Å². The van der Waals surface area contributed by atoms with Crippen molar-refractivity contribution in [3.63, 3.8) is 0 Å². The van der Waals surface area contributed by atoms with E-state index in [1.807, 2.05) is 0 Å². The molecule has 2 heterocycles. The van der Waals surface area contributed by atoms with Crippen LogP contribution in [-0.4, -0.2) is 47.5 Å². The molecule has 0 aromatic rings. The molecule has 2 aliphatic rings. The van der Waals surface area contributed by atoms with Crippen molar-refractivity contribution in [2.45, 2.75) is 0 Å². The Morgan fingerprint density at radius 2 is 1.87 bits per heavy atom. The minimum Gasteiger partial charge on any atom is -0.293 e. The Morgan fingerprint density at radius 1 is 1.20 bits per heavy atom. The molecule has 1 atom stereocenters. The van der Waals surface area contributed by atoms with Gasteiger partial charge in [-0.3, -0.25) is 9.59 Å². The molecule has 1 unspecified atom stereocenters. The van der Waals surface area contributed by atoms with Crippen LogP contribution in [0, 0.1) is 5.92 Å². The number of nitrogens with one attached hydrogen (secondary N) is 1. The molecule has 0 radical (unpaired) electrons. The second kappa shape index (κ2) is 3.01. The Hall–Kier alpha value is -1.98. The van der Waals surface area contributed by atoms with Crippen LogP contribution in [0.4, 0.5) is 4.79 Å². The van der Waals surface area contributed by atoms with Crippen LogP contribution in [0.5, 0.6) is 0 Å². The van der Waals surface area contributed by atoms with Gasteiger partial charge in [0.05, 0.1) is 13.2 Å². The van der Waals surface area contributed by atoms with Crippen LogP contribution in [0.2, 0.25) is 0 Å². The van der Waals surface area contributed by atoms with E-state index in [-0.39, 0.29) is 5.78 Å². The monoisotopic (exact) mass is 208 g/mol. The SMILES string of the molecule is CN1C(=O)C2C(=O)C=C[NH+]=C2N(C)C1=O. The van der Waals surface area contributed by atoms with Crippen LogP contribution in [-0.2, 0) is 9.59 Å². The van der Waals surface area contributed by atoms with Crippen molar-refractivity contribution in [1.29, 1.82) is 0 Å². The molecule has 78 valence electrons. The summed E-state index contributed by atoms with van der Waals surface area (Å²) in [5.74, 6) is -1.37. The highest BCUT2D eigenvalue weighted by molar-refractivity contribution is 6.28. The molecule has 2 rings (SSSR count). The molecular formula is C9H10N3O3+. The second-order valence-electron chi connectivity index (χ2n) is 3.44. The predicted octanol–water partition coefficient (Wildman–Crippen LogP) is -2.30. The molecule has 6 nitrogen and oxygen atoms in total. The lowest BCUT2D eigenvalue weighted by molar-refractivity contribution is -0.383. The largest absolute Gasteiger partial charge is 0.417 e. The van der Waals surface area contributed by atoms with E-state index in [2.05, 4.69) is 4.99 Å². The van der Waals surface area contributed by atoms with Crippen molar-refractivity contribution in [3.05, 3.63) is 12.3 Å². The average molecular weight is 208 g/mol. The van der Waals surface area contributed by atoms with Gasteiger partial charge in [0.1, 0.15) is 0 Å². The Morgan fingerprint density at radius 3 is 2.53 bits per heavy atom. The van der Waals surface area contributed by atoms with Crippen molar-refractivity contribution >= 4 is 23.6 Å². The first-order valence-electron chi connectivity index (χ1n) is 4.43. The van der Waals surface area contributed by atoms with Crippen LogP contribution in [0.1, 0.15) is 0 Å². The fourth-order valence-corrected chi connectivity index (χ4v) is 1.67. The van der Waals surface area contributed by atoms with E-state index in [9.17, 15) is 14.4 Å². The maximum absolute atomic E-state index is 11.7. The van der Waals surface area contributed by atoms with E-state index in [0.717, 1.165) is 4.90 Å². The fraction of sp³-hybridized carbons (Fsp3) is 0.333. The van der Waals surface area contributed by atoms with Crippen LogP contribution in [0.3, 0.4) is 0 Å². The van der Waals surface area contributed by atoms with Crippen molar-refractivity contribution < 1.29 is 19.4 Å². The van der Waals surface area contributed by atoms with Gasteiger partial charge >= 0.3 is 6.03 Å². The zero-order valence-electron chi connectivity index (χ0n) is 8.35. The van der Waals surface area contributed by atoms with E-state index in [1.54, 1.807) is 0 Å². The molecule has 1 fully saturated rings. The number of carbonyl (C=O) groups is 3. The van der Waals surface area contributed by atoms with Gasteiger partial charge in [-0.15, -0.1) is 0 Å². The number of allylic oxidation sites excluding steroid dienone is 1. The minimum atomic E-state index is -0.900. The number of urea groups is 1. The highest BCUT2D eigenvalue weighted by atomic mass is 16.2. The molecule has 1 N–H and O–H groups in total. The molecule has 0 bridgehead atoms. The third-order valence-corrected chi connectivity index (χ3v) is 2.55. The Kier molecular flexibility index (Phi) is 1.92. The lowest BCUT2D eigenvalue weighted by Crippen LogP contribution is -2.79. The topological polar surface area (TPSA) is 71.7 Å². The van der Waals surface area contributed by atoms with Gasteiger partial charge in [0.15, 0.2) is 5.78 Å². The highest BCUT2D eigenvalue weighted by Gasteiger charge is 2.50. The number of nitrogens with zero attached hydrogens (tertiary/aromatic N) is 2. The van der Waals surface area contributed by atoms with E-state index in [0.29, 0.717) is 5.84 Å². The van der Waals surface area contributed by atoms with Crippen LogP contribution in [0.15, 0.2) is 12.3 Å². The Bertz CT molecular complexity index is 424. The maximum atomic E-state index is 11.7. The number of fused-ring (bicyclic) bond motifs is 1. The first-order valence-corrected chi connectivity index (χ1v) is 4.43. The average Bonchev–Trinajstić information content (AvgIpc) is 2.23. The number of amides is 3. The summed E-state index contributed by atoms with van der Waals surface area (Å²) in [6, 6.07) is -0.443. The summed E-state index contributed by atoms with van der Waals surface area (Å²) in [6.45, 7) is 0. The quantitative estimate of drug-likeness (QED) is 0.455. The number of carbonyl (C=O) groups excluding carboxylic acids is 3. The standard InChI is InChI=1S/C9H9N3O3/c1-11-7-6(5(13)3-4-10-7)8(14)12(2)9(11)15/h3-4,6H,1-2H3/p+1. The number of rotatable bonds is 0. The number of amidine groups is 1. The molecule has 0 spiro atoms. The molecule has 0 saturated carbocycles. The summed E-state index contributed by atoms with van der Waals surface area (Å²) in [7, 11) is 2.89. The van der Waals surface area contributed by atoms with Gasteiger partial charge in [-0.2, -0.15) is 4.90 Å². The number of ketones is 1. The van der Waals surface area contributed by atoms with Crippen molar-refractivity contribution in [2.75, 3.05) is 14.1 Å². The zero-order valence-corrected chi connectivity index (χ0v) is 8.35. The Balaban J connectivity index is 2.49. The smallest absolute Gasteiger partial charge is 0.293 e. The Labute approximate surface area is 85.9 Å². The summed E-state index contributed by atoms with van der Waals surface area (Å²) in [6.07, 6.45) is 2.72. The predicted molar refractivity (Wildman–Crippen MR) is 49.5 cm³/mol. The summed E-state index contributed by atoms with van der Waals surface area (Å²) in [5.41, 5.74) is 0. The van der Waals surface area contributed by atoms with E-state index >= 15 is 0 Å². The van der Waals surface area contributed by atoms with Gasteiger partial charge in [-0.05, 0) is 0 Å². The third-order valence-electron chi connectivity index (χ3n) is 2.55. The summed E-state index contributed by atoms with van der Waals surface area (Å²) in [5, 5.41) is 0. The van der Waals surface area contributed by atoms with Crippen molar-refractivity contribution in [2.24, 2.45) is 5.92 Å². The summed E-state index contributed by atoms with van der Waals surface area (Å²) < 4.78 is 0. The lowest BCUT2D eigenvalue weighted by Gasteiger charge is -2.29. The second-order valence-corrected chi connectivity index (χ2v) is 3.44. The molecule has 2 aliphatic heterocycles. The molecule has 0 aromatic heterocycles. The van der Waals surface area contributed by atoms with Gasteiger partial charge in [0.2, 0.25) is 5.92 Å². The lowest BCUT2D eigenvalue weighted by atomic mass is 9.96. The molecule has 1 saturated heterocycles. The van der Waals surface area contributed by atoms with Gasteiger partial charge in [0.25, 0.3) is 11.7 Å². The fourth-order valence-electron chi connectivity index (χ4n) is 1.67. The van der Waals surface area contributed by atoms with Gasteiger partial charge in [-0.1, -0.05) is 0 Å². The maximum Gasteiger partial charge on any atom is 0.417 e. The van der Waals surface area contributed by atoms with Crippen molar-refractivity contribution in [3.8, 4) is 0 Å². The molecule has 0 aliphatic carbocycles. The van der Waals surface area contributed by atoms with E-state index in [1.165, 1.54) is 31.3 Å². The first kappa shape index (κ1) is 9.57. The van der Waals surface area contributed by atoms with Gasteiger partial charge in [0, 0.05) is 13.1 Å². The van der Waals surface area contributed by atoms with Crippen molar-refractivity contribution in [1.82, 2.24) is 9.80 Å². The minimum absolute atomic E-state index is 0.306. The number of hydrogen-bond donors (Lipinski definition) is 1. The normalized spacial score (nSPS) is 25.6. The molecular weight excluding hydrogens is 198 g/mol. The van der Waals surface area contributed by atoms with Crippen LogP contribution in [0.25, 0.3) is 0 Å². The molecule has 15 heavy (non-hydrogen) atoms. The number of imide groups is 1. The number of hydrogen-bond acceptors (Lipinski definition) is 3. The van der Waals surface area contributed by atoms with Gasteiger partial charge in [-0.25, -0.2) is 14.7 Å². The van der Waals surface area contributed by atoms with E-state index < -0.39 is 17.9 Å². The van der Waals surface area contributed by atoms with E-state index in [4.69, 9.17) is 0 Å². The first-order chi connectivity index (χ1) is 7.04. The van der Waals surface area contributed by atoms with Gasteiger partial charge < -0.3 is 0 Å². The highest BCUT2D eigenvalue weighted by Crippen LogP contribution is 2.16. The molecule has 3 amide bonds. The summed E-state index contributed by atoms with van der Waals surface area (Å²) >= 11 is 0. The third kappa shape index (κ3) is 1.18. The molecule has 6 heteroatoms. The molecule has 0 aromatic carbocycles.